The normalized spacial score (nSPS) is 10.5. The molecular weight excluding hydrogens is 216 g/mol. The minimum Gasteiger partial charge on any atom is -0.461 e. The van der Waals surface area contributed by atoms with Gasteiger partial charge in [-0.15, -0.1) is 11.3 Å². The van der Waals surface area contributed by atoms with Gasteiger partial charge in [-0.1, -0.05) is 0 Å². The van der Waals surface area contributed by atoms with E-state index in [9.17, 15) is 9.59 Å². The minimum absolute atomic E-state index is 0.182. The van der Waals surface area contributed by atoms with E-state index in [0.717, 1.165) is 0 Å². The summed E-state index contributed by atoms with van der Waals surface area (Å²) in [5, 5.41) is 0. The van der Waals surface area contributed by atoms with E-state index in [4.69, 9.17) is 4.74 Å². The number of H-pyrrole nitrogens is 1. The standard InChI is InChI=1S/C9H8N2O3S/c1-2-14-9(13)7-5(3-12)6-8(11-7)15-4-10-6/h3-4,11H,2H2,1H3. The molecule has 0 saturated heterocycles. The van der Waals surface area contributed by atoms with Gasteiger partial charge in [0.1, 0.15) is 16.0 Å². The van der Waals surface area contributed by atoms with Crippen molar-refractivity contribution in [3.8, 4) is 0 Å². The van der Waals surface area contributed by atoms with Crippen molar-refractivity contribution in [1.29, 1.82) is 0 Å². The molecule has 0 atom stereocenters. The Morgan fingerprint density at radius 3 is 3.20 bits per heavy atom. The third-order valence-electron chi connectivity index (χ3n) is 1.93. The Labute approximate surface area is 89.1 Å². The highest BCUT2D eigenvalue weighted by Crippen LogP contribution is 2.23. The predicted molar refractivity (Wildman–Crippen MR) is 55.3 cm³/mol. The second kappa shape index (κ2) is 3.82. The fourth-order valence-electron chi connectivity index (χ4n) is 1.30. The third-order valence-corrected chi connectivity index (χ3v) is 2.67. The topological polar surface area (TPSA) is 72.1 Å². The molecule has 0 radical (unpaired) electrons. The lowest BCUT2D eigenvalue weighted by Gasteiger charge is -1.98. The number of hydrogen-bond donors (Lipinski definition) is 1. The van der Waals surface area contributed by atoms with E-state index in [1.807, 2.05) is 0 Å². The number of fused-ring (bicyclic) bond motifs is 1. The Hall–Kier alpha value is -1.69. The Bertz CT molecular complexity index is 514. The molecule has 2 rings (SSSR count). The molecule has 0 aromatic carbocycles. The lowest BCUT2D eigenvalue weighted by molar-refractivity contribution is 0.0518. The summed E-state index contributed by atoms with van der Waals surface area (Å²) < 4.78 is 4.82. The van der Waals surface area contributed by atoms with Crippen LogP contribution in [-0.4, -0.2) is 28.8 Å². The molecule has 0 saturated carbocycles. The lowest BCUT2D eigenvalue weighted by atomic mass is 10.2. The van der Waals surface area contributed by atoms with Gasteiger partial charge in [-0.25, -0.2) is 9.78 Å². The zero-order chi connectivity index (χ0) is 10.8. The van der Waals surface area contributed by atoms with Crippen LogP contribution in [0.5, 0.6) is 0 Å². The zero-order valence-electron chi connectivity index (χ0n) is 7.94. The summed E-state index contributed by atoms with van der Waals surface area (Å²) >= 11 is 1.34. The molecule has 0 bridgehead atoms. The number of aromatic amines is 1. The molecule has 6 heteroatoms. The Morgan fingerprint density at radius 2 is 2.53 bits per heavy atom. The molecule has 0 aliphatic carbocycles. The molecule has 2 aromatic rings. The van der Waals surface area contributed by atoms with Crippen molar-refractivity contribution < 1.29 is 14.3 Å². The number of carbonyl (C=O) groups is 2. The molecule has 1 N–H and O–H groups in total. The summed E-state index contributed by atoms with van der Waals surface area (Å²) in [5.74, 6) is -0.523. The van der Waals surface area contributed by atoms with Gasteiger partial charge in [-0.2, -0.15) is 0 Å². The van der Waals surface area contributed by atoms with E-state index in [1.54, 1.807) is 12.4 Å². The van der Waals surface area contributed by atoms with Crippen molar-refractivity contribution in [2.24, 2.45) is 0 Å². The molecule has 0 amide bonds. The fourth-order valence-corrected chi connectivity index (χ4v) is 2.00. The van der Waals surface area contributed by atoms with E-state index in [0.29, 0.717) is 16.6 Å². The smallest absolute Gasteiger partial charge is 0.355 e. The number of ether oxygens (including phenoxy) is 1. The molecule has 2 aromatic heterocycles. The van der Waals surface area contributed by atoms with Gasteiger partial charge in [-0.3, -0.25) is 4.79 Å². The van der Waals surface area contributed by atoms with Crippen molar-refractivity contribution >= 4 is 33.9 Å². The van der Waals surface area contributed by atoms with Crippen molar-refractivity contribution in [1.82, 2.24) is 9.97 Å². The molecule has 78 valence electrons. The SMILES string of the molecule is CCOC(=O)c1[nH]c2scnc2c1C=O. The van der Waals surface area contributed by atoms with Gasteiger partial charge in [0.15, 0.2) is 6.29 Å². The number of hydrogen-bond acceptors (Lipinski definition) is 5. The Balaban J connectivity index is 2.54. The van der Waals surface area contributed by atoms with Gasteiger partial charge in [-0.05, 0) is 6.92 Å². The maximum Gasteiger partial charge on any atom is 0.355 e. The van der Waals surface area contributed by atoms with Crippen LogP contribution >= 0.6 is 11.3 Å². The Kier molecular flexibility index (Phi) is 2.51. The van der Waals surface area contributed by atoms with Crippen molar-refractivity contribution in [3.05, 3.63) is 16.8 Å². The van der Waals surface area contributed by atoms with Crippen LogP contribution < -0.4 is 0 Å². The molecular formula is C9H8N2O3S. The molecule has 0 fully saturated rings. The summed E-state index contributed by atoms with van der Waals surface area (Å²) in [6.07, 6.45) is 0.616. The Morgan fingerprint density at radius 1 is 1.73 bits per heavy atom. The molecule has 0 spiro atoms. The van der Waals surface area contributed by atoms with Crippen LogP contribution in [0.25, 0.3) is 10.3 Å². The van der Waals surface area contributed by atoms with Crippen molar-refractivity contribution in [2.45, 2.75) is 6.92 Å². The summed E-state index contributed by atoms with van der Waals surface area (Å²) in [4.78, 5) is 29.8. The van der Waals surface area contributed by atoms with Gasteiger partial charge in [0.2, 0.25) is 0 Å². The predicted octanol–water partition coefficient (Wildman–Crippen LogP) is 1.61. The van der Waals surface area contributed by atoms with Gasteiger partial charge in [0.05, 0.1) is 17.7 Å². The molecule has 15 heavy (non-hydrogen) atoms. The van der Waals surface area contributed by atoms with Crippen LogP contribution in [0.1, 0.15) is 27.8 Å². The summed E-state index contributed by atoms with van der Waals surface area (Å²) in [6, 6.07) is 0. The van der Waals surface area contributed by atoms with Crippen LogP contribution in [-0.2, 0) is 4.74 Å². The van der Waals surface area contributed by atoms with Crippen molar-refractivity contribution in [2.75, 3.05) is 6.61 Å². The number of thiazole rings is 1. The fraction of sp³-hybridized carbons (Fsp3) is 0.222. The first-order valence-corrected chi connectivity index (χ1v) is 5.23. The van der Waals surface area contributed by atoms with E-state index in [-0.39, 0.29) is 17.9 Å². The van der Waals surface area contributed by atoms with Crippen molar-refractivity contribution in [3.63, 3.8) is 0 Å². The number of nitrogens with zero attached hydrogens (tertiary/aromatic N) is 1. The number of esters is 1. The zero-order valence-corrected chi connectivity index (χ0v) is 8.76. The largest absolute Gasteiger partial charge is 0.461 e. The van der Waals surface area contributed by atoms with E-state index >= 15 is 0 Å². The highest BCUT2D eigenvalue weighted by molar-refractivity contribution is 7.16. The maximum absolute atomic E-state index is 11.5. The highest BCUT2D eigenvalue weighted by atomic mass is 32.1. The summed E-state index contributed by atoms with van der Waals surface area (Å²) in [5.41, 5.74) is 2.59. The van der Waals surface area contributed by atoms with Gasteiger partial charge in [0, 0.05) is 0 Å². The first-order chi connectivity index (χ1) is 7.27. The quantitative estimate of drug-likeness (QED) is 0.635. The summed E-state index contributed by atoms with van der Waals surface area (Å²) in [7, 11) is 0. The minimum atomic E-state index is -0.523. The van der Waals surface area contributed by atoms with Crippen LogP contribution in [0, 0.1) is 0 Å². The third kappa shape index (κ3) is 1.52. The number of nitrogens with one attached hydrogen (secondary N) is 1. The van der Waals surface area contributed by atoms with Gasteiger partial charge in [0.25, 0.3) is 0 Å². The summed E-state index contributed by atoms with van der Waals surface area (Å²) in [6.45, 7) is 1.99. The van der Waals surface area contributed by atoms with Crippen LogP contribution in [0.3, 0.4) is 0 Å². The van der Waals surface area contributed by atoms with Crippen LogP contribution in [0.4, 0.5) is 0 Å². The first-order valence-electron chi connectivity index (χ1n) is 4.35. The van der Waals surface area contributed by atoms with Gasteiger partial charge < -0.3 is 9.72 Å². The molecule has 5 nitrogen and oxygen atoms in total. The second-order valence-corrected chi connectivity index (χ2v) is 3.64. The monoisotopic (exact) mass is 224 g/mol. The number of rotatable bonds is 3. The van der Waals surface area contributed by atoms with E-state index in [2.05, 4.69) is 9.97 Å². The van der Waals surface area contributed by atoms with Gasteiger partial charge >= 0.3 is 5.97 Å². The van der Waals surface area contributed by atoms with E-state index in [1.165, 1.54) is 11.3 Å². The van der Waals surface area contributed by atoms with Crippen LogP contribution in [0.15, 0.2) is 5.51 Å². The molecule has 0 aliphatic rings. The lowest BCUT2D eigenvalue weighted by Crippen LogP contribution is -2.07. The first kappa shape index (κ1) is 9.85. The number of carbonyl (C=O) groups excluding carboxylic acids is 2. The highest BCUT2D eigenvalue weighted by Gasteiger charge is 2.19. The molecule has 0 unspecified atom stereocenters. The maximum atomic E-state index is 11.5. The average Bonchev–Trinajstić information content (AvgIpc) is 2.76. The second-order valence-electron chi connectivity index (χ2n) is 2.78. The van der Waals surface area contributed by atoms with E-state index < -0.39 is 5.97 Å². The van der Waals surface area contributed by atoms with Crippen LogP contribution in [0.2, 0.25) is 0 Å². The molecule has 0 aliphatic heterocycles. The number of aldehydes is 1. The molecule has 2 heterocycles. The average molecular weight is 224 g/mol. The number of aromatic nitrogens is 2.